The van der Waals surface area contributed by atoms with Crippen LogP contribution in [0.1, 0.15) is 23.2 Å². The first-order valence-corrected chi connectivity index (χ1v) is 6.64. The Morgan fingerprint density at radius 1 is 1.38 bits per heavy atom. The zero-order chi connectivity index (χ0) is 15.5. The molecule has 0 spiro atoms. The third kappa shape index (κ3) is 3.54. The Bertz CT molecular complexity index is 508. The van der Waals surface area contributed by atoms with E-state index in [1.165, 1.54) is 0 Å². The maximum atomic E-state index is 13.1. The van der Waals surface area contributed by atoms with Crippen molar-refractivity contribution < 1.29 is 22.7 Å². The first kappa shape index (κ1) is 15.8. The van der Waals surface area contributed by atoms with Gasteiger partial charge in [0.1, 0.15) is 0 Å². The lowest BCUT2D eigenvalue weighted by Gasteiger charge is -2.28. The smallest absolute Gasteiger partial charge is 0.251 e. The van der Waals surface area contributed by atoms with E-state index in [2.05, 4.69) is 10.6 Å². The van der Waals surface area contributed by atoms with Crippen LogP contribution in [0.4, 0.5) is 13.2 Å². The van der Waals surface area contributed by atoms with E-state index in [1.807, 2.05) is 0 Å². The molecule has 4 nitrogen and oxygen atoms in total. The highest BCUT2D eigenvalue weighted by Gasteiger charge is 2.33. The third-order valence-corrected chi connectivity index (χ3v) is 3.59. The van der Waals surface area contributed by atoms with Crippen LogP contribution < -0.4 is 10.6 Å². The molecule has 1 heterocycles. The van der Waals surface area contributed by atoms with Crippen molar-refractivity contribution in [1.29, 1.82) is 0 Å². The highest BCUT2D eigenvalue weighted by molar-refractivity contribution is 5.94. The molecule has 1 aliphatic heterocycles. The number of hydrogen-bond acceptors (Lipinski definition) is 3. The fraction of sp³-hybridized carbons (Fsp3) is 0.500. The van der Waals surface area contributed by atoms with Crippen molar-refractivity contribution in [3.63, 3.8) is 0 Å². The van der Waals surface area contributed by atoms with E-state index in [0.29, 0.717) is 18.7 Å². The number of amides is 1. The van der Waals surface area contributed by atoms with Crippen molar-refractivity contribution in [2.75, 3.05) is 26.8 Å². The molecule has 1 aromatic carbocycles. The molecular weight excluding hydrogens is 285 g/mol. The largest absolute Gasteiger partial charge is 0.383 e. The highest BCUT2D eigenvalue weighted by Crippen LogP contribution is 2.19. The fourth-order valence-electron chi connectivity index (χ4n) is 2.51. The van der Waals surface area contributed by atoms with Gasteiger partial charge >= 0.3 is 0 Å². The predicted octanol–water partition coefficient (Wildman–Crippen LogP) is 1.60. The summed E-state index contributed by atoms with van der Waals surface area (Å²) in [6.45, 7) is 1.50. The Morgan fingerprint density at radius 3 is 2.57 bits per heavy atom. The van der Waals surface area contributed by atoms with Crippen LogP contribution in [0.2, 0.25) is 0 Å². The predicted molar refractivity (Wildman–Crippen MR) is 70.5 cm³/mol. The number of benzene rings is 1. The standard InChI is InChI=1S/C14H17F3N2O2/c1-21-8-14(3-2-4-19-14)7-18-13(20)9-5-10(15)12(17)11(16)6-9/h5-6,19H,2-4,7-8H2,1H3,(H,18,20). The van der Waals surface area contributed by atoms with Crippen LogP contribution in [0.25, 0.3) is 0 Å². The minimum Gasteiger partial charge on any atom is -0.383 e. The minimum absolute atomic E-state index is 0.253. The molecule has 1 atom stereocenters. The van der Waals surface area contributed by atoms with Gasteiger partial charge in [0.25, 0.3) is 5.91 Å². The maximum absolute atomic E-state index is 13.1. The van der Waals surface area contributed by atoms with Crippen molar-refractivity contribution in [2.24, 2.45) is 0 Å². The van der Waals surface area contributed by atoms with E-state index in [9.17, 15) is 18.0 Å². The Kier molecular flexibility index (Phi) is 4.84. The van der Waals surface area contributed by atoms with Crippen molar-refractivity contribution in [3.8, 4) is 0 Å². The Balaban J connectivity index is 2.04. The zero-order valence-corrected chi connectivity index (χ0v) is 11.6. The van der Waals surface area contributed by atoms with Crippen LogP contribution in [-0.2, 0) is 4.74 Å². The van der Waals surface area contributed by atoms with Gasteiger partial charge in [-0.15, -0.1) is 0 Å². The van der Waals surface area contributed by atoms with Gasteiger partial charge in [-0.1, -0.05) is 0 Å². The lowest BCUT2D eigenvalue weighted by atomic mass is 9.98. The average Bonchev–Trinajstić information content (AvgIpc) is 2.91. The van der Waals surface area contributed by atoms with Crippen LogP contribution in [0, 0.1) is 17.5 Å². The summed E-state index contributed by atoms with van der Waals surface area (Å²) in [7, 11) is 1.56. The summed E-state index contributed by atoms with van der Waals surface area (Å²) in [6, 6.07) is 1.36. The molecule has 1 aromatic rings. The van der Waals surface area contributed by atoms with Crippen LogP contribution in [0.3, 0.4) is 0 Å². The third-order valence-electron chi connectivity index (χ3n) is 3.59. The van der Waals surface area contributed by atoms with Gasteiger partial charge in [-0.3, -0.25) is 4.79 Å². The number of carbonyl (C=O) groups is 1. The second-order valence-corrected chi connectivity index (χ2v) is 5.18. The molecule has 21 heavy (non-hydrogen) atoms. The summed E-state index contributed by atoms with van der Waals surface area (Å²) >= 11 is 0. The number of ether oxygens (including phenoxy) is 1. The normalized spacial score (nSPS) is 21.5. The monoisotopic (exact) mass is 302 g/mol. The highest BCUT2D eigenvalue weighted by atomic mass is 19.2. The van der Waals surface area contributed by atoms with Crippen LogP contribution in [-0.4, -0.2) is 38.3 Å². The first-order valence-electron chi connectivity index (χ1n) is 6.64. The SMILES string of the molecule is COCC1(CNC(=O)c2cc(F)c(F)c(F)c2)CCCN1. The molecule has 116 valence electrons. The maximum Gasteiger partial charge on any atom is 0.251 e. The second kappa shape index (κ2) is 6.44. The lowest BCUT2D eigenvalue weighted by molar-refractivity contribution is 0.0891. The molecule has 0 saturated carbocycles. The zero-order valence-electron chi connectivity index (χ0n) is 11.6. The molecule has 1 saturated heterocycles. The van der Waals surface area contributed by atoms with Crippen molar-refractivity contribution in [2.45, 2.75) is 18.4 Å². The van der Waals surface area contributed by atoms with Crippen molar-refractivity contribution in [3.05, 3.63) is 35.1 Å². The molecule has 1 fully saturated rings. The van der Waals surface area contributed by atoms with Gasteiger partial charge in [0, 0.05) is 19.2 Å². The van der Waals surface area contributed by atoms with Crippen LogP contribution >= 0.6 is 0 Å². The molecule has 1 aliphatic rings. The van der Waals surface area contributed by atoms with E-state index >= 15 is 0 Å². The summed E-state index contributed by atoms with van der Waals surface area (Å²) in [5.41, 5.74) is -0.626. The number of halogens is 3. The topological polar surface area (TPSA) is 50.4 Å². The number of methoxy groups -OCH3 is 1. The number of nitrogens with one attached hydrogen (secondary N) is 2. The molecule has 1 unspecified atom stereocenters. The number of rotatable bonds is 5. The summed E-state index contributed by atoms with van der Waals surface area (Å²) in [5, 5.41) is 5.87. The van der Waals surface area contributed by atoms with E-state index in [1.54, 1.807) is 7.11 Å². The van der Waals surface area contributed by atoms with Crippen molar-refractivity contribution >= 4 is 5.91 Å². The summed E-state index contributed by atoms with van der Waals surface area (Å²) in [4.78, 5) is 11.9. The van der Waals surface area contributed by atoms with Crippen LogP contribution in [0.5, 0.6) is 0 Å². The van der Waals surface area contributed by atoms with Gasteiger partial charge in [-0.25, -0.2) is 13.2 Å². The van der Waals surface area contributed by atoms with Gasteiger partial charge in [0.15, 0.2) is 17.5 Å². The van der Waals surface area contributed by atoms with Crippen molar-refractivity contribution in [1.82, 2.24) is 10.6 Å². The van der Waals surface area contributed by atoms with E-state index < -0.39 is 23.4 Å². The number of carbonyl (C=O) groups excluding carboxylic acids is 1. The molecule has 1 amide bonds. The quantitative estimate of drug-likeness (QED) is 0.812. The summed E-state index contributed by atoms with van der Waals surface area (Å²) in [6.07, 6.45) is 1.78. The van der Waals surface area contributed by atoms with E-state index in [-0.39, 0.29) is 17.6 Å². The molecule has 7 heteroatoms. The molecule has 0 radical (unpaired) electrons. The van der Waals surface area contributed by atoms with E-state index in [0.717, 1.165) is 19.4 Å². The summed E-state index contributed by atoms with van der Waals surface area (Å²) < 4.78 is 44.2. The van der Waals surface area contributed by atoms with E-state index in [4.69, 9.17) is 4.74 Å². The molecule has 2 rings (SSSR count). The van der Waals surface area contributed by atoms with Gasteiger partial charge in [0.05, 0.1) is 12.1 Å². The molecule has 0 bridgehead atoms. The van der Waals surface area contributed by atoms with Gasteiger partial charge in [-0.05, 0) is 31.5 Å². The Morgan fingerprint density at radius 2 is 2.05 bits per heavy atom. The molecular formula is C14H17F3N2O2. The second-order valence-electron chi connectivity index (χ2n) is 5.18. The molecule has 0 aliphatic carbocycles. The minimum atomic E-state index is -1.58. The van der Waals surface area contributed by atoms with Gasteiger partial charge < -0.3 is 15.4 Å². The molecule has 0 aromatic heterocycles. The van der Waals surface area contributed by atoms with Gasteiger partial charge in [0.2, 0.25) is 0 Å². The number of hydrogen-bond donors (Lipinski definition) is 2. The Labute approximate surface area is 120 Å². The molecule has 2 N–H and O–H groups in total. The lowest BCUT2D eigenvalue weighted by Crippen LogP contribution is -2.53. The Hall–Kier alpha value is -1.60. The average molecular weight is 302 g/mol. The summed E-state index contributed by atoms with van der Waals surface area (Å²) in [5.74, 6) is -5.01. The van der Waals surface area contributed by atoms with Crippen LogP contribution in [0.15, 0.2) is 12.1 Å². The fourth-order valence-corrected chi connectivity index (χ4v) is 2.51. The first-order chi connectivity index (χ1) is 9.97. The van der Waals surface area contributed by atoms with Gasteiger partial charge in [-0.2, -0.15) is 0 Å².